The highest BCUT2D eigenvalue weighted by atomic mass is 19.4. The zero-order chi connectivity index (χ0) is 19.4. The van der Waals surface area contributed by atoms with Crippen molar-refractivity contribution < 1.29 is 13.2 Å². The molecule has 0 saturated heterocycles. The number of nitrogens with zero attached hydrogens (tertiary/aromatic N) is 3. The van der Waals surface area contributed by atoms with Crippen LogP contribution in [-0.2, 0) is 6.18 Å². The smallest absolute Gasteiger partial charge is 0.363 e. The molecule has 3 aliphatic carbocycles. The van der Waals surface area contributed by atoms with Crippen LogP contribution in [0.25, 0.3) is 16.9 Å². The number of benzene rings is 1. The second kappa shape index (κ2) is 6.22. The number of nitrogens with one attached hydrogen (secondary N) is 1. The highest BCUT2D eigenvalue weighted by molar-refractivity contribution is 5.64. The first-order valence-electron chi connectivity index (χ1n) is 9.73. The van der Waals surface area contributed by atoms with Crippen molar-refractivity contribution >= 4 is 11.5 Å². The lowest BCUT2D eigenvalue weighted by molar-refractivity contribution is -0.137. The molecule has 1 N–H and O–H groups in total. The molecule has 0 amide bonds. The Balaban J connectivity index is 1.51. The average molecular weight is 386 g/mol. The van der Waals surface area contributed by atoms with E-state index in [0.717, 1.165) is 43.1 Å². The monoisotopic (exact) mass is 386 g/mol. The molecule has 3 aromatic rings. The molecule has 0 atom stereocenters. The topological polar surface area (TPSA) is 42.2 Å². The van der Waals surface area contributed by atoms with Gasteiger partial charge >= 0.3 is 6.18 Å². The van der Waals surface area contributed by atoms with Crippen LogP contribution in [0.5, 0.6) is 0 Å². The Morgan fingerprint density at radius 2 is 1.79 bits per heavy atom. The van der Waals surface area contributed by atoms with Gasteiger partial charge in [0.15, 0.2) is 5.65 Å². The Hall–Kier alpha value is -2.57. The molecule has 1 aromatic carbocycles. The van der Waals surface area contributed by atoms with Crippen LogP contribution < -0.4 is 5.32 Å². The molecule has 7 heteroatoms. The van der Waals surface area contributed by atoms with Gasteiger partial charge in [-0.25, -0.2) is 9.50 Å². The normalized spacial score (nSPS) is 24.6. The standard InChI is InChI=1S/C21H21F3N4/c22-21(23,24)16-3-1-2-15(12-16)17-13-25-19-5-4-18(27-28(17)19)26-20-9-6-14(7-10-20)8-11-20/h1-5,12-14H,6-11H2,(H,26,27). The maximum Gasteiger partial charge on any atom is 0.416 e. The third kappa shape index (κ3) is 3.02. The summed E-state index contributed by atoms with van der Waals surface area (Å²) >= 11 is 0. The van der Waals surface area contributed by atoms with E-state index in [-0.39, 0.29) is 5.54 Å². The number of alkyl halides is 3. The molecule has 0 radical (unpaired) electrons. The van der Waals surface area contributed by atoms with E-state index >= 15 is 0 Å². The predicted octanol–water partition coefficient (Wildman–Crippen LogP) is 5.55. The number of halogens is 3. The van der Waals surface area contributed by atoms with Crippen molar-refractivity contribution in [3.05, 3.63) is 48.2 Å². The van der Waals surface area contributed by atoms with E-state index in [1.165, 1.54) is 25.3 Å². The number of hydrogen-bond acceptors (Lipinski definition) is 3. The van der Waals surface area contributed by atoms with Gasteiger partial charge in [0.25, 0.3) is 0 Å². The van der Waals surface area contributed by atoms with E-state index in [0.29, 0.717) is 16.9 Å². The number of hydrogen-bond donors (Lipinski definition) is 1. The van der Waals surface area contributed by atoms with Gasteiger partial charge in [0.1, 0.15) is 5.82 Å². The molecule has 28 heavy (non-hydrogen) atoms. The van der Waals surface area contributed by atoms with Crippen LogP contribution in [0.3, 0.4) is 0 Å². The number of rotatable bonds is 3. The third-order valence-electron chi connectivity index (χ3n) is 6.33. The van der Waals surface area contributed by atoms with Gasteiger partial charge in [-0.1, -0.05) is 12.1 Å². The zero-order valence-electron chi connectivity index (χ0n) is 15.3. The van der Waals surface area contributed by atoms with Gasteiger partial charge in [-0.15, -0.1) is 5.10 Å². The first-order chi connectivity index (χ1) is 13.4. The summed E-state index contributed by atoms with van der Waals surface area (Å²) in [6.45, 7) is 0. The lowest BCUT2D eigenvalue weighted by Crippen LogP contribution is -2.46. The van der Waals surface area contributed by atoms with E-state index in [1.54, 1.807) is 16.8 Å². The van der Waals surface area contributed by atoms with Gasteiger partial charge in [0.2, 0.25) is 0 Å². The molecule has 0 spiro atoms. The van der Waals surface area contributed by atoms with Crippen LogP contribution in [0.1, 0.15) is 44.1 Å². The average Bonchev–Trinajstić information content (AvgIpc) is 3.12. The van der Waals surface area contributed by atoms with Crippen molar-refractivity contribution in [3.8, 4) is 11.3 Å². The largest absolute Gasteiger partial charge is 0.416 e. The fraction of sp³-hybridized carbons (Fsp3) is 0.429. The fourth-order valence-electron chi connectivity index (χ4n) is 4.70. The molecule has 0 unspecified atom stereocenters. The fourth-order valence-corrected chi connectivity index (χ4v) is 4.70. The third-order valence-corrected chi connectivity index (χ3v) is 6.33. The van der Waals surface area contributed by atoms with Gasteiger partial charge in [0, 0.05) is 11.1 Å². The second-order valence-electron chi connectivity index (χ2n) is 8.10. The highest BCUT2D eigenvalue weighted by Gasteiger charge is 2.40. The summed E-state index contributed by atoms with van der Waals surface area (Å²) in [6, 6.07) is 9.06. The van der Waals surface area contributed by atoms with Crippen molar-refractivity contribution in [1.29, 1.82) is 0 Å². The van der Waals surface area contributed by atoms with Crippen LogP contribution in [0.2, 0.25) is 0 Å². The maximum absolute atomic E-state index is 13.1. The summed E-state index contributed by atoms with van der Waals surface area (Å²) in [4.78, 5) is 4.31. The summed E-state index contributed by atoms with van der Waals surface area (Å²) in [5.41, 5.74) is 1.04. The minimum absolute atomic E-state index is 0.104. The highest BCUT2D eigenvalue weighted by Crippen LogP contribution is 2.45. The number of imidazole rings is 1. The van der Waals surface area contributed by atoms with Gasteiger partial charge < -0.3 is 5.32 Å². The summed E-state index contributed by atoms with van der Waals surface area (Å²) in [5.74, 6) is 1.62. The molecule has 2 aromatic heterocycles. The molecule has 2 heterocycles. The Morgan fingerprint density at radius 1 is 1.04 bits per heavy atom. The zero-order valence-corrected chi connectivity index (χ0v) is 15.3. The van der Waals surface area contributed by atoms with E-state index in [2.05, 4.69) is 15.4 Å². The van der Waals surface area contributed by atoms with Crippen molar-refractivity contribution in [2.45, 2.75) is 50.2 Å². The van der Waals surface area contributed by atoms with Crippen LogP contribution in [-0.4, -0.2) is 20.1 Å². The van der Waals surface area contributed by atoms with E-state index in [4.69, 9.17) is 0 Å². The van der Waals surface area contributed by atoms with Crippen molar-refractivity contribution in [2.75, 3.05) is 5.32 Å². The lowest BCUT2D eigenvalue weighted by atomic mass is 9.66. The first kappa shape index (κ1) is 17.5. The van der Waals surface area contributed by atoms with Gasteiger partial charge in [-0.2, -0.15) is 13.2 Å². The SMILES string of the molecule is FC(F)(F)c1cccc(-c2cnc3ccc(NC45CCC(CC4)CC5)nn23)c1. The maximum atomic E-state index is 13.1. The quantitative estimate of drug-likeness (QED) is 0.642. The summed E-state index contributed by atoms with van der Waals surface area (Å²) < 4.78 is 40.9. The molecule has 146 valence electrons. The number of aromatic nitrogens is 3. The predicted molar refractivity (Wildman–Crippen MR) is 101 cm³/mol. The van der Waals surface area contributed by atoms with E-state index in [9.17, 15) is 13.2 Å². The molecule has 2 bridgehead atoms. The lowest BCUT2D eigenvalue weighted by Gasteiger charge is -2.47. The molecule has 6 rings (SSSR count). The van der Waals surface area contributed by atoms with Crippen molar-refractivity contribution in [3.63, 3.8) is 0 Å². The van der Waals surface area contributed by atoms with Gasteiger partial charge in [-0.05, 0) is 68.7 Å². The molecule has 4 nitrogen and oxygen atoms in total. The van der Waals surface area contributed by atoms with Crippen LogP contribution >= 0.6 is 0 Å². The molecular weight excluding hydrogens is 365 g/mol. The molecule has 3 aliphatic rings. The summed E-state index contributed by atoms with van der Waals surface area (Å²) in [7, 11) is 0. The molecule has 3 fully saturated rings. The Bertz CT molecular complexity index is 1000. The summed E-state index contributed by atoms with van der Waals surface area (Å²) in [6.07, 6.45) is 4.44. The molecule has 0 aliphatic heterocycles. The van der Waals surface area contributed by atoms with E-state index in [1.807, 2.05) is 12.1 Å². The molecular formula is C21H21F3N4. The Morgan fingerprint density at radius 3 is 2.50 bits per heavy atom. The van der Waals surface area contributed by atoms with Crippen LogP contribution in [0.4, 0.5) is 19.0 Å². The Labute approximate surface area is 160 Å². The molecule has 3 saturated carbocycles. The number of anilines is 1. The summed E-state index contributed by atoms with van der Waals surface area (Å²) in [5, 5.41) is 8.31. The van der Waals surface area contributed by atoms with Crippen LogP contribution in [0.15, 0.2) is 42.6 Å². The minimum Gasteiger partial charge on any atom is -0.363 e. The van der Waals surface area contributed by atoms with E-state index < -0.39 is 11.7 Å². The van der Waals surface area contributed by atoms with Gasteiger partial charge in [-0.3, -0.25) is 0 Å². The van der Waals surface area contributed by atoms with Gasteiger partial charge in [0.05, 0.1) is 17.5 Å². The van der Waals surface area contributed by atoms with Crippen LogP contribution in [0, 0.1) is 5.92 Å². The first-order valence-corrected chi connectivity index (χ1v) is 9.73. The number of fused-ring (bicyclic) bond motifs is 4. The minimum atomic E-state index is -4.38. The van der Waals surface area contributed by atoms with Crippen molar-refractivity contribution in [1.82, 2.24) is 14.6 Å². The Kier molecular flexibility index (Phi) is 3.89. The second-order valence-corrected chi connectivity index (χ2v) is 8.10. The van der Waals surface area contributed by atoms with Crippen molar-refractivity contribution in [2.24, 2.45) is 5.92 Å².